The molecule has 88 valence electrons. The van der Waals surface area contributed by atoms with Crippen molar-refractivity contribution in [3.05, 3.63) is 48.2 Å². The Balaban J connectivity index is 2.84. The van der Waals surface area contributed by atoms with Crippen LogP contribution in [0, 0.1) is 11.5 Å². The molecule has 1 aromatic rings. The number of benzene rings is 1. The van der Waals surface area contributed by atoms with Crippen LogP contribution in [0.3, 0.4) is 0 Å². The molecule has 0 aliphatic rings. The van der Waals surface area contributed by atoms with Crippen LogP contribution in [0.2, 0.25) is 19.6 Å². The van der Waals surface area contributed by atoms with Gasteiger partial charge < -0.3 is 4.74 Å². The minimum Gasteiger partial charge on any atom is -0.432 e. The van der Waals surface area contributed by atoms with Gasteiger partial charge in [-0.2, -0.15) is 0 Å². The highest BCUT2D eigenvalue weighted by atomic mass is 28.3. The molecule has 0 fully saturated rings. The second-order valence-corrected chi connectivity index (χ2v) is 9.40. The van der Waals surface area contributed by atoms with Crippen LogP contribution in [-0.2, 0) is 4.74 Å². The Morgan fingerprint density at radius 2 is 1.88 bits per heavy atom. The Labute approximate surface area is 103 Å². The molecule has 0 atom stereocenters. The van der Waals surface area contributed by atoms with Crippen molar-refractivity contribution in [1.29, 1.82) is 0 Å². The molecule has 0 N–H and O–H groups in total. The fraction of sp³-hybridized carbons (Fsp3) is 0.214. The third-order valence-electron chi connectivity index (χ3n) is 1.89. The van der Waals surface area contributed by atoms with Gasteiger partial charge in [-0.15, -0.1) is 5.54 Å². The molecule has 0 bridgehead atoms. The SMILES string of the molecule is C=COC(=O)c1ccc(C#C[Si](C)(C)C)cc1. The Kier molecular flexibility index (Phi) is 4.30. The predicted molar refractivity (Wildman–Crippen MR) is 72.3 cm³/mol. The van der Waals surface area contributed by atoms with Crippen molar-refractivity contribution >= 4 is 14.0 Å². The molecule has 2 nitrogen and oxygen atoms in total. The van der Waals surface area contributed by atoms with Crippen LogP contribution in [0.25, 0.3) is 0 Å². The average molecular weight is 244 g/mol. The molecule has 0 aliphatic heterocycles. The maximum Gasteiger partial charge on any atom is 0.342 e. The summed E-state index contributed by atoms with van der Waals surface area (Å²) in [4.78, 5) is 11.4. The Bertz CT molecular complexity index is 470. The summed E-state index contributed by atoms with van der Waals surface area (Å²) < 4.78 is 4.68. The number of esters is 1. The van der Waals surface area contributed by atoms with Crippen molar-refractivity contribution in [2.24, 2.45) is 0 Å². The zero-order valence-electron chi connectivity index (χ0n) is 10.4. The molecule has 0 saturated heterocycles. The summed E-state index contributed by atoms with van der Waals surface area (Å²) in [5, 5.41) is 0. The summed E-state index contributed by atoms with van der Waals surface area (Å²) in [6, 6.07) is 7.07. The van der Waals surface area contributed by atoms with Crippen LogP contribution in [0.5, 0.6) is 0 Å². The standard InChI is InChI=1S/C14H16O2Si/c1-5-16-14(15)13-8-6-12(7-9-13)10-11-17(2,3)4/h5-9H,1H2,2-4H3. The van der Waals surface area contributed by atoms with Crippen LogP contribution in [0.15, 0.2) is 37.1 Å². The maximum absolute atomic E-state index is 11.4. The van der Waals surface area contributed by atoms with Gasteiger partial charge in [0.25, 0.3) is 0 Å². The second kappa shape index (κ2) is 5.51. The highest BCUT2D eigenvalue weighted by Gasteiger charge is 2.08. The van der Waals surface area contributed by atoms with E-state index in [1.807, 2.05) is 12.1 Å². The van der Waals surface area contributed by atoms with E-state index in [0.717, 1.165) is 11.8 Å². The molecule has 1 rings (SSSR count). The Morgan fingerprint density at radius 1 is 1.29 bits per heavy atom. The van der Waals surface area contributed by atoms with Crippen LogP contribution in [-0.4, -0.2) is 14.0 Å². The molecular weight excluding hydrogens is 228 g/mol. The summed E-state index contributed by atoms with van der Waals surface area (Å²) in [7, 11) is -1.35. The summed E-state index contributed by atoms with van der Waals surface area (Å²) in [6.45, 7) is 9.91. The molecule has 0 radical (unpaired) electrons. The van der Waals surface area contributed by atoms with Crippen molar-refractivity contribution in [1.82, 2.24) is 0 Å². The summed E-state index contributed by atoms with van der Waals surface area (Å²) in [5.41, 5.74) is 4.69. The lowest BCUT2D eigenvalue weighted by atomic mass is 10.1. The zero-order valence-corrected chi connectivity index (χ0v) is 11.4. The van der Waals surface area contributed by atoms with Crippen LogP contribution in [0.4, 0.5) is 0 Å². The topological polar surface area (TPSA) is 26.3 Å². The van der Waals surface area contributed by atoms with E-state index >= 15 is 0 Å². The van der Waals surface area contributed by atoms with E-state index in [9.17, 15) is 4.79 Å². The number of carbonyl (C=O) groups excluding carboxylic acids is 1. The molecule has 0 aliphatic carbocycles. The van der Waals surface area contributed by atoms with E-state index in [4.69, 9.17) is 0 Å². The second-order valence-electron chi connectivity index (χ2n) is 4.65. The van der Waals surface area contributed by atoms with Crippen molar-refractivity contribution in [2.45, 2.75) is 19.6 Å². The van der Waals surface area contributed by atoms with Crippen LogP contribution < -0.4 is 0 Å². The number of hydrogen-bond donors (Lipinski definition) is 0. The largest absolute Gasteiger partial charge is 0.432 e. The minimum atomic E-state index is -1.35. The van der Waals surface area contributed by atoms with Crippen molar-refractivity contribution in [3.8, 4) is 11.5 Å². The molecule has 0 unspecified atom stereocenters. The molecule has 0 spiro atoms. The highest BCUT2D eigenvalue weighted by Crippen LogP contribution is 2.06. The average Bonchev–Trinajstić information content (AvgIpc) is 2.26. The lowest BCUT2D eigenvalue weighted by molar-refractivity contribution is 0.0664. The van der Waals surface area contributed by atoms with Crippen LogP contribution >= 0.6 is 0 Å². The van der Waals surface area contributed by atoms with Crippen molar-refractivity contribution < 1.29 is 9.53 Å². The molecule has 0 heterocycles. The number of ether oxygens (including phenoxy) is 1. The first-order valence-electron chi connectivity index (χ1n) is 5.37. The van der Waals surface area contributed by atoms with Crippen molar-refractivity contribution in [3.63, 3.8) is 0 Å². The van der Waals surface area contributed by atoms with E-state index in [2.05, 4.69) is 42.4 Å². The van der Waals surface area contributed by atoms with E-state index < -0.39 is 14.0 Å². The smallest absolute Gasteiger partial charge is 0.342 e. The number of hydrogen-bond acceptors (Lipinski definition) is 2. The maximum atomic E-state index is 11.4. The molecule has 0 amide bonds. The Morgan fingerprint density at radius 3 is 2.35 bits per heavy atom. The first-order valence-corrected chi connectivity index (χ1v) is 8.87. The first-order chi connectivity index (χ1) is 7.92. The fourth-order valence-corrected chi connectivity index (χ4v) is 1.61. The van der Waals surface area contributed by atoms with E-state index in [0.29, 0.717) is 5.56 Å². The van der Waals surface area contributed by atoms with Crippen molar-refractivity contribution in [2.75, 3.05) is 0 Å². The van der Waals surface area contributed by atoms with Gasteiger partial charge in [-0.3, -0.25) is 0 Å². The van der Waals surface area contributed by atoms with E-state index in [-0.39, 0.29) is 0 Å². The predicted octanol–water partition coefficient (Wildman–Crippen LogP) is 3.22. The summed E-state index contributed by atoms with van der Waals surface area (Å²) >= 11 is 0. The van der Waals surface area contributed by atoms with E-state index in [1.165, 1.54) is 0 Å². The van der Waals surface area contributed by atoms with E-state index in [1.54, 1.807) is 12.1 Å². The zero-order chi connectivity index (χ0) is 12.9. The minimum absolute atomic E-state index is 0.398. The number of rotatable bonds is 2. The molecule has 0 aromatic heterocycles. The van der Waals surface area contributed by atoms with Gasteiger partial charge in [-0.05, 0) is 24.3 Å². The molecule has 0 saturated carbocycles. The number of carbonyl (C=O) groups is 1. The normalized spacial score (nSPS) is 10.1. The van der Waals surface area contributed by atoms with Gasteiger partial charge in [0.15, 0.2) is 0 Å². The summed E-state index contributed by atoms with van der Waals surface area (Å²) in [6.07, 6.45) is 1.13. The van der Waals surface area contributed by atoms with Gasteiger partial charge in [0.05, 0.1) is 11.8 Å². The van der Waals surface area contributed by atoms with Gasteiger partial charge in [0.1, 0.15) is 8.07 Å². The Hall–Kier alpha value is -1.79. The van der Waals surface area contributed by atoms with Gasteiger partial charge in [-0.1, -0.05) is 32.1 Å². The lowest BCUT2D eigenvalue weighted by Gasteiger charge is -2.03. The molecule has 1 aromatic carbocycles. The third kappa shape index (κ3) is 4.71. The molecular formula is C14H16O2Si. The van der Waals surface area contributed by atoms with Gasteiger partial charge in [0, 0.05) is 5.56 Å². The third-order valence-corrected chi connectivity index (χ3v) is 2.77. The van der Waals surface area contributed by atoms with Crippen LogP contribution in [0.1, 0.15) is 15.9 Å². The van der Waals surface area contributed by atoms with Gasteiger partial charge in [0.2, 0.25) is 0 Å². The van der Waals surface area contributed by atoms with Gasteiger partial charge >= 0.3 is 5.97 Å². The first kappa shape index (κ1) is 13.3. The lowest BCUT2D eigenvalue weighted by Crippen LogP contribution is -2.16. The monoisotopic (exact) mass is 244 g/mol. The summed E-state index contributed by atoms with van der Waals surface area (Å²) in [5.74, 6) is 2.72. The fourth-order valence-electron chi connectivity index (χ4n) is 1.09. The van der Waals surface area contributed by atoms with Gasteiger partial charge in [-0.25, -0.2) is 4.79 Å². The molecule has 3 heteroatoms. The highest BCUT2D eigenvalue weighted by molar-refractivity contribution is 6.83. The quantitative estimate of drug-likeness (QED) is 0.345. The molecule has 17 heavy (non-hydrogen) atoms.